The van der Waals surface area contributed by atoms with Crippen LogP contribution < -0.4 is 11.2 Å². The summed E-state index contributed by atoms with van der Waals surface area (Å²) in [6.45, 7) is 0.196. The number of nitrogens with zero attached hydrogens (tertiary/aromatic N) is 4. The third-order valence-electron chi connectivity index (χ3n) is 2.69. The van der Waals surface area contributed by atoms with Crippen LogP contribution in [0.3, 0.4) is 0 Å². The summed E-state index contributed by atoms with van der Waals surface area (Å²) < 4.78 is 2.87. The molecule has 0 radical (unpaired) electrons. The maximum atomic E-state index is 11.5. The quantitative estimate of drug-likeness (QED) is 0.586. The molecule has 2 aromatic heterocycles. The average molecular weight is 265 g/mol. The van der Waals surface area contributed by atoms with Crippen LogP contribution in [0.5, 0.6) is 0 Å². The van der Waals surface area contributed by atoms with Crippen molar-refractivity contribution in [3.63, 3.8) is 0 Å². The number of hydrogen-bond acceptors (Lipinski definition) is 5. The Labute approximate surface area is 106 Å². The average Bonchev–Trinajstić information content (AvgIpc) is 2.73. The van der Waals surface area contributed by atoms with Crippen LogP contribution in [0.15, 0.2) is 28.2 Å². The molecule has 0 unspecified atom stereocenters. The Hall–Kier alpha value is -2.71. The topological polar surface area (TPSA) is 116 Å². The molecule has 100 valence electrons. The van der Waals surface area contributed by atoms with Gasteiger partial charge in [0.15, 0.2) is 0 Å². The lowest BCUT2D eigenvalue weighted by Crippen LogP contribution is -2.31. The molecule has 2 rings (SSSR count). The summed E-state index contributed by atoms with van der Waals surface area (Å²) in [5.41, 5.74) is -2.33. The van der Waals surface area contributed by atoms with E-state index in [1.54, 1.807) is 24.0 Å². The van der Waals surface area contributed by atoms with Crippen LogP contribution in [0, 0.1) is 10.1 Å². The summed E-state index contributed by atoms with van der Waals surface area (Å²) in [4.78, 5) is 38.5. The number of aromatic nitrogens is 4. The summed E-state index contributed by atoms with van der Waals surface area (Å²) in [6.07, 6.45) is 4.75. The van der Waals surface area contributed by atoms with Gasteiger partial charge in [0, 0.05) is 32.4 Å². The van der Waals surface area contributed by atoms with Crippen molar-refractivity contribution in [3.8, 4) is 0 Å². The second-order valence-electron chi connectivity index (χ2n) is 3.93. The van der Waals surface area contributed by atoms with E-state index in [0.29, 0.717) is 6.42 Å². The molecule has 1 N–H and O–H groups in total. The van der Waals surface area contributed by atoms with Gasteiger partial charge in [-0.25, -0.2) is 9.78 Å². The van der Waals surface area contributed by atoms with Crippen molar-refractivity contribution < 1.29 is 4.92 Å². The van der Waals surface area contributed by atoms with Crippen molar-refractivity contribution in [2.45, 2.75) is 13.0 Å². The zero-order chi connectivity index (χ0) is 14.0. The molecule has 0 saturated heterocycles. The van der Waals surface area contributed by atoms with E-state index < -0.39 is 21.9 Å². The molecule has 19 heavy (non-hydrogen) atoms. The second-order valence-corrected chi connectivity index (χ2v) is 3.93. The lowest BCUT2D eigenvalue weighted by Gasteiger charge is -2.04. The number of nitrogens with one attached hydrogen (secondary N) is 1. The summed E-state index contributed by atoms with van der Waals surface area (Å²) >= 11 is 0. The monoisotopic (exact) mass is 265 g/mol. The number of aryl methyl sites for hydroxylation is 3. The molecule has 0 aliphatic rings. The van der Waals surface area contributed by atoms with Gasteiger partial charge >= 0.3 is 16.9 Å². The molecular weight excluding hydrogens is 254 g/mol. The Morgan fingerprint density at radius 1 is 1.47 bits per heavy atom. The lowest BCUT2D eigenvalue weighted by molar-refractivity contribution is -0.386. The van der Waals surface area contributed by atoms with E-state index in [4.69, 9.17) is 0 Å². The molecule has 2 aromatic rings. The third kappa shape index (κ3) is 2.59. The summed E-state index contributed by atoms with van der Waals surface area (Å²) in [7, 11) is 1.81. The zero-order valence-corrected chi connectivity index (χ0v) is 10.1. The molecule has 0 aliphatic heterocycles. The Bertz CT molecular complexity index is 726. The van der Waals surface area contributed by atoms with Crippen LogP contribution in [0.1, 0.15) is 5.82 Å². The van der Waals surface area contributed by atoms with Crippen LogP contribution in [0.4, 0.5) is 5.69 Å². The van der Waals surface area contributed by atoms with Gasteiger partial charge in [-0.1, -0.05) is 0 Å². The van der Waals surface area contributed by atoms with Gasteiger partial charge in [0.2, 0.25) is 0 Å². The molecule has 0 bridgehead atoms. The predicted molar refractivity (Wildman–Crippen MR) is 64.9 cm³/mol. The van der Waals surface area contributed by atoms with Crippen LogP contribution in [-0.4, -0.2) is 24.0 Å². The Morgan fingerprint density at radius 2 is 2.21 bits per heavy atom. The smallest absolute Gasteiger partial charge is 0.338 e. The van der Waals surface area contributed by atoms with Gasteiger partial charge in [0.1, 0.15) is 5.82 Å². The van der Waals surface area contributed by atoms with Crippen LogP contribution in [0.25, 0.3) is 0 Å². The zero-order valence-electron chi connectivity index (χ0n) is 10.1. The van der Waals surface area contributed by atoms with Crippen molar-refractivity contribution in [3.05, 3.63) is 55.4 Å². The van der Waals surface area contributed by atoms with E-state index in [1.165, 1.54) is 0 Å². The molecule has 0 fully saturated rings. The molecule has 0 aliphatic carbocycles. The fourth-order valence-corrected chi connectivity index (χ4v) is 1.65. The summed E-state index contributed by atoms with van der Waals surface area (Å²) in [5.74, 6) is 0.737. The summed E-state index contributed by atoms with van der Waals surface area (Å²) in [6, 6.07) is 0. The van der Waals surface area contributed by atoms with Gasteiger partial charge in [-0.2, -0.15) is 0 Å². The highest BCUT2D eigenvalue weighted by atomic mass is 16.6. The maximum Gasteiger partial charge on any atom is 0.350 e. The Morgan fingerprint density at radius 3 is 2.79 bits per heavy atom. The van der Waals surface area contributed by atoms with Gasteiger partial charge in [-0.05, 0) is 0 Å². The third-order valence-corrected chi connectivity index (χ3v) is 2.69. The summed E-state index contributed by atoms with van der Waals surface area (Å²) in [5, 5.41) is 10.6. The van der Waals surface area contributed by atoms with Crippen molar-refractivity contribution in [1.29, 1.82) is 0 Å². The van der Waals surface area contributed by atoms with E-state index >= 15 is 0 Å². The number of nitro groups is 1. The first kappa shape index (κ1) is 12.7. The van der Waals surface area contributed by atoms with E-state index in [2.05, 4.69) is 4.98 Å². The minimum absolute atomic E-state index is 0.196. The largest absolute Gasteiger partial charge is 0.350 e. The predicted octanol–water partition coefficient (Wildman–Crippen LogP) is -0.579. The molecule has 9 heteroatoms. The SMILES string of the molecule is Cn1ccnc1CCn1cc([N+](=O)[O-])c(=O)[nH]c1=O. The molecule has 0 atom stereocenters. The molecular formula is C10H11N5O4. The number of aromatic amines is 1. The van der Waals surface area contributed by atoms with Gasteiger partial charge in [0.25, 0.3) is 0 Å². The highest BCUT2D eigenvalue weighted by Gasteiger charge is 2.14. The molecule has 0 aromatic carbocycles. The molecule has 2 heterocycles. The van der Waals surface area contributed by atoms with Crippen molar-refractivity contribution in [2.75, 3.05) is 0 Å². The van der Waals surface area contributed by atoms with Crippen LogP contribution in [-0.2, 0) is 20.0 Å². The van der Waals surface area contributed by atoms with Gasteiger partial charge in [-0.3, -0.25) is 24.5 Å². The highest BCUT2D eigenvalue weighted by Crippen LogP contribution is 2.01. The van der Waals surface area contributed by atoms with Gasteiger partial charge < -0.3 is 4.57 Å². The highest BCUT2D eigenvalue weighted by molar-refractivity contribution is 5.20. The molecule has 9 nitrogen and oxygen atoms in total. The van der Waals surface area contributed by atoms with E-state index in [0.717, 1.165) is 16.6 Å². The first-order chi connectivity index (χ1) is 8.99. The van der Waals surface area contributed by atoms with Gasteiger partial charge in [0.05, 0.1) is 11.1 Å². The number of rotatable bonds is 4. The Kier molecular flexibility index (Phi) is 3.27. The standard InChI is InChI=1S/C10H11N5O4/c1-13-5-3-11-8(13)2-4-14-6-7(15(18)19)9(16)12-10(14)17/h3,5-6H,2,4H2,1H3,(H,12,16,17). The van der Waals surface area contributed by atoms with Crippen LogP contribution in [0.2, 0.25) is 0 Å². The normalized spacial score (nSPS) is 10.6. The fourth-order valence-electron chi connectivity index (χ4n) is 1.65. The maximum absolute atomic E-state index is 11.5. The van der Waals surface area contributed by atoms with E-state index in [-0.39, 0.29) is 6.54 Å². The first-order valence-electron chi connectivity index (χ1n) is 5.43. The molecule has 0 saturated carbocycles. The number of imidazole rings is 1. The number of hydrogen-bond donors (Lipinski definition) is 1. The van der Waals surface area contributed by atoms with E-state index in [1.807, 2.05) is 4.98 Å². The van der Waals surface area contributed by atoms with Crippen LogP contribution >= 0.6 is 0 Å². The van der Waals surface area contributed by atoms with Crippen molar-refractivity contribution in [1.82, 2.24) is 19.1 Å². The lowest BCUT2D eigenvalue weighted by atomic mass is 10.4. The Balaban J connectivity index is 2.28. The van der Waals surface area contributed by atoms with Crippen molar-refractivity contribution in [2.24, 2.45) is 7.05 Å². The van der Waals surface area contributed by atoms with Crippen molar-refractivity contribution >= 4 is 5.69 Å². The number of H-pyrrole nitrogens is 1. The van der Waals surface area contributed by atoms with Gasteiger partial charge in [-0.15, -0.1) is 0 Å². The van der Waals surface area contributed by atoms with E-state index in [9.17, 15) is 19.7 Å². The first-order valence-corrected chi connectivity index (χ1v) is 5.43. The fraction of sp³-hybridized carbons (Fsp3) is 0.300. The second kappa shape index (κ2) is 4.88. The molecule has 0 spiro atoms. The minimum Gasteiger partial charge on any atom is -0.338 e. The minimum atomic E-state index is -0.997. The molecule has 0 amide bonds.